The molecule has 2 fully saturated rings. The van der Waals surface area contributed by atoms with Gasteiger partial charge in [0.1, 0.15) is 16.3 Å². The molecule has 1 aromatic rings. The fraction of sp³-hybridized carbons (Fsp3) is 0.529. The fourth-order valence-corrected chi connectivity index (χ4v) is 4.18. The molecule has 6 heteroatoms. The molecular formula is C17H19Cl2NO3. The van der Waals surface area contributed by atoms with Gasteiger partial charge in [0, 0.05) is 13.5 Å². The SMILES string of the molecule is COC1CCCC2(C1)NC(=O)C(c1ccccc1C(Cl)Cl)C2=O. The van der Waals surface area contributed by atoms with Crippen molar-refractivity contribution in [2.24, 2.45) is 0 Å². The van der Waals surface area contributed by atoms with E-state index in [9.17, 15) is 9.59 Å². The summed E-state index contributed by atoms with van der Waals surface area (Å²) < 4.78 is 5.42. The minimum absolute atomic E-state index is 0.00389. The number of ether oxygens (including phenoxy) is 1. The van der Waals surface area contributed by atoms with Crippen LogP contribution in [0.1, 0.15) is 47.6 Å². The molecule has 0 aromatic heterocycles. The Labute approximate surface area is 145 Å². The lowest BCUT2D eigenvalue weighted by atomic mass is 9.75. The molecule has 2 aliphatic rings. The van der Waals surface area contributed by atoms with Crippen LogP contribution in [0.3, 0.4) is 0 Å². The van der Waals surface area contributed by atoms with Crippen LogP contribution in [0.25, 0.3) is 0 Å². The lowest BCUT2D eigenvalue weighted by Gasteiger charge is -2.36. The summed E-state index contributed by atoms with van der Waals surface area (Å²) in [6.07, 6.45) is 2.94. The van der Waals surface area contributed by atoms with E-state index in [4.69, 9.17) is 27.9 Å². The van der Waals surface area contributed by atoms with Gasteiger partial charge in [-0.3, -0.25) is 9.59 Å². The molecule has 1 aliphatic carbocycles. The van der Waals surface area contributed by atoms with E-state index >= 15 is 0 Å². The molecule has 4 nitrogen and oxygen atoms in total. The van der Waals surface area contributed by atoms with Crippen molar-refractivity contribution in [3.8, 4) is 0 Å². The van der Waals surface area contributed by atoms with Crippen LogP contribution >= 0.6 is 23.2 Å². The second kappa shape index (κ2) is 6.42. The number of methoxy groups -OCH3 is 1. The summed E-state index contributed by atoms with van der Waals surface area (Å²) in [4.78, 5) is 24.9. The van der Waals surface area contributed by atoms with E-state index in [0.717, 1.165) is 12.8 Å². The molecule has 124 valence electrons. The molecular weight excluding hydrogens is 337 g/mol. The van der Waals surface area contributed by atoms with Crippen LogP contribution in [-0.2, 0) is 14.3 Å². The first kappa shape index (κ1) is 16.7. The van der Waals surface area contributed by atoms with Crippen LogP contribution in [0.15, 0.2) is 24.3 Å². The summed E-state index contributed by atoms with van der Waals surface area (Å²) >= 11 is 12.0. The minimum Gasteiger partial charge on any atom is -0.381 e. The number of halogens is 2. The van der Waals surface area contributed by atoms with E-state index in [-0.39, 0.29) is 17.8 Å². The van der Waals surface area contributed by atoms with Crippen LogP contribution in [0.5, 0.6) is 0 Å². The second-order valence-electron chi connectivity index (χ2n) is 6.25. The molecule has 1 amide bonds. The summed E-state index contributed by atoms with van der Waals surface area (Å²) in [7, 11) is 1.64. The average molecular weight is 356 g/mol. The first-order valence-electron chi connectivity index (χ1n) is 7.74. The third-order valence-electron chi connectivity index (χ3n) is 4.94. The van der Waals surface area contributed by atoms with Gasteiger partial charge in [-0.1, -0.05) is 24.3 Å². The number of hydrogen-bond donors (Lipinski definition) is 1. The Morgan fingerprint density at radius 3 is 2.74 bits per heavy atom. The quantitative estimate of drug-likeness (QED) is 0.668. The highest BCUT2D eigenvalue weighted by Gasteiger charge is 2.55. The topological polar surface area (TPSA) is 55.4 Å². The maximum atomic E-state index is 13.1. The van der Waals surface area contributed by atoms with Crippen LogP contribution in [0.4, 0.5) is 0 Å². The summed E-state index contributed by atoms with van der Waals surface area (Å²) in [6, 6.07) is 7.10. The standard InChI is InChI=1S/C17H19Cl2NO3/c1-23-10-5-4-8-17(9-10)14(21)13(16(22)20-17)11-6-2-3-7-12(11)15(18)19/h2-3,6-7,10,13,15H,4-5,8-9H2,1H3,(H,20,22). The van der Waals surface area contributed by atoms with Gasteiger partial charge in [0.05, 0.1) is 6.10 Å². The predicted molar refractivity (Wildman–Crippen MR) is 88.8 cm³/mol. The largest absolute Gasteiger partial charge is 0.381 e. The van der Waals surface area contributed by atoms with Gasteiger partial charge in [-0.25, -0.2) is 0 Å². The molecule has 1 saturated carbocycles. The Morgan fingerprint density at radius 2 is 2.04 bits per heavy atom. The van der Waals surface area contributed by atoms with Crippen molar-refractivity contribution < 1.29 is 14.3 Å². The van der Waals surface area contributed by atoms with E-state index in [0.29, 0.717) is 24.0 Å². The molecule has 0 bridgehead atoms. The molecule has 0 radical (unpaired) electrons. The number of alkyl halides is 2. The van der Waals surface area contributed by atoms with Crippen LogP contribution in [0.2, 0.25) is 0 Å². The van der Waals surface area contributed by atoms with E-state index in [2.05, 4.69) is 5.32 Å². The van der Waals surface area contributed by atoms with Gasteiger partial charge < -0.3 is 10.1 Å². The van der Waals surface area contributed by atoms with Crippen molar-refractivity contribution in [1.29, 1.82) is 0 Å². The molecule has 3 unspecified atom stereocenters. The predicted octanol–water partition coefficient (Wildman–Crippen LogP) is 3.27. The highest BCUT2D eigenvalue weighted by atomic mass is 35.5. The van der Waals surface area contributed by atoms with Crippen LogP contribution in [0, 0.1) is 0 Å². The Bertz CT molecular complexity index is 634. The van der Waals surface area contributed by atoms with Crippen molar-refractivity contribution in [1.82, 2.24) is 5.32 Å². The van der Waals surface area contributed by atoms with E-state index < -0.39 is 16.3 Å². The Hall–Kier alpha value is -1.10. The number of benzene rings is 1. The van der Waals surface area contributed by atoms with Gasteiger partial charge in [0.15, 0.2) is 5.78 Å². The second-order valence-corrected chi connectivity index (χ2v) is 7.35. The van der Waals surface area contributed by atoms with Crippen LogP contribution < -0.4 is 5.32 Å². The molecule has 1 spiro atoms. The molecule has 1 saturated heterocycles. The number of carbonyl (C=O) groups is 2. The van der Waals surface area contributed by atoms with Gasteiger partial charge >= 0.3 is 0 Å². The number of ketones is 1. The third-order valence-corrected chi connectivity index (χ3v) is 5.41. The van der Waals surface area contributed by atoms with Gasteiger partial charge in [-0.2, -0.15) is 0 Å². The molecule has 3 atom stereocenters. The number of amides is 1. The monoisotopic (exact) mass is 355 g/mol. The average Bonchev–Trinajstić information content (AvgIpc) is 2.77. The van der Waals surface area contributed by atoms with Gasteiger partial charge in [0.25, 0.3) is 0 Å². The van der Waals surface area contributed by atoms with Crippen molar-refractivity contribution >= 4 is 34.9 Å². The lowest BCUT2D eigenvalue weighted by Crippen LogP contribution is -2.51. The molecule has 1 aliphatic heterocycles. The van der Waals surface area contributed by atoms with Gasteiger partial charge in [-0.15, -0.1) is 23.2 Å². The van der Waals surface area contributed by atoms with E-state index in [1.807, 2.05) is 0 Å². The fourth-order valence-electron chi connectivity index (χ4n) is 3.78. The zero-order valence-electron chi connectivity index (χ0n) is 12.9. The normalized spacial score (nSPS) is 31.0. The van der Waals surface area contributed by atoms with Crippen molar-refractivity contribution in [3.63, 3.8) is 0 Å². The summed E-state index contributed by atoms with van der Waals surface area (Å²) in [6.45, 7) is 0. The number of hydrogen-bond acceptors (Lipinski definition) is 3. The van der Waals surface area contributed by atoms with Crippen molar-refractivity contribution in [2.45, 2.75) is 48.1 Å². The molecule has 23 heavy (non-hydrogen) atoms. The first-order chi connectivity index (χ1) is 11.0. The maximum Gasteiger partial charge on any atom is 0.235 e. The third kappa shape index (κ3) is 2.88. The van der Waals surface area contributed by atoms with Crippen molar-refractivity contribution in [3.05, 3.63) is 35.4 Å². The smallest absolute Gasteiger partial charge is 0.235 e. The summed E-state index contributed by atoms with van der Waals surface area (Å²) in [5.41, 5.74) is 0.393. The highest BCUT2D eigenvalue weighted by molar-refractivity contribution is 6.44. The molecule has 1 heterocycles. The maximum absolute atomic E-state index is 13.1. The highest BCUT2D eigenvalue weighted by Crippen LogP contribution is 2.42. The first-order valence-corrected chi connectivity index (χ1v) is 8.62. The number of Topliss-reactive ketones (excluding diaryl/α,β-unsaturated/α-hetero) is 1. The number of rotatable bonds is 3. The van der Waals surface area contributed by atoms with E-state index in [1.165, 1.54) is 0 Å². The summed E-state index contributed by atoms with van der Waals surface area (Å²) in [5.74, 6) is -1.21. The zero-order valence-corrected chi connectivity index (χ0v) is 14.4. The zero-order chi connectivity index (χ0) is 16.6. The lowest BCUT2D eigenvalue weighted by molar-refractivity contribution is -0.127. The van der Waals surface area contributed by atoms with Crippen LogP contribution in [-0.4, -0.2) is 30.4 Å². The van der Waals surface area contributed by atoms with Gasteiger partial charge in [0.2, 0.25) is 5.91 Å². The van der Waals surface area contributed by atoms with Gasteiger partial charge in [-0.05, 0) is 30.4 Å². The number of carbonyl (C=O) groups excluding carboxylic acids is 2. The Morgan fingerprint density at radius 1 is 1.30 bits per heavy atom. The molecule has 3 rings (SSSR count). The summed E-state index contributed by atoms with van der Waals surface area (Å²) in [5, 5.41) is 2.94. The Balaban J connectivity index is 1.97. The number of nitrogens with one attached hydrogen (secondary N) is 1. The molecule has 1 N–H and O–H groups in total. The van der Waals surface area contributed by atoms with Crippen molar-refractivity contribution in [2.75, 3.05) is 7.11 Å². The van der Waals surface area contributed by atoms with E-state index in [1.54, 1.807) is 31.4 Å². The minimum atomic E-state index is -0.846. The Kier molecular flexibility index (Phi) is 4.68. The molecule has 1 aromatic carbocycles.